The molecule has 1 nitrogen and oxygen atoms in total. The molecule has 0 atom stereocenters. The number of benzene rings is 1. The van der Waals surface area contributed by atoms with Gasteiger partial charge in [-0.05, 0) is 41.5 Å². The van der Waals surface area contributed by atoms with Gasteiger partial charge in [-0.1, -0.05) is 23.9 Å². The summed E-state index contributed by atoms with van der Waals surface area (Å²) in [4.78, 5) is 0. The summed E-state index contributed by atoms with van der Waals surface area (Å²) in [6.07, 6.45) is 6.53. The highest BCUT2D eigenvalue weighted by atomic mass is 19.1. The second-order valence-electron chi connectivity index (χ2n) is 3.34. The molecule has 0 aliphatic heterocycles. The van der Waals surface area contributed by atoms with Crippen LogP contribution in [0.15, 0.2) is 60.1 Å². The van der Waals surface area contributed by atoms with Crippen LogP contribution in [0.2, 0.25) is 0 Å². The van der Waals surface area contributed by atoms with Crippen molar-refractivity contribution in [3.05, 3.63) is 65.7 Å². The first-order chi connectivity index (χ1) is 7.79. The summed E-state index contributed by atoms with van der Waals surface area (Å²) in [5, 5.41) is 0. The molecule has 0 bridgehead atoms. The number of ether oxygens (including phenoxy) is 1. The zero-order valence-corrected chi connectivity index (χ0v) is 8.91. The summed E-state index contributed by atoms with van der Waals surface area (Å²) < 4.78 is 18.0. The van der Waals surface area contributed by atoms with Crippen LogP contribution < -0.4 is 4.74 Å². The Morgan fingerprint density at radius 3 is 2.56 bits per heavy atom. The van der Waals surface area contributed by atoms with Crippen LogP contribution in [0.25, 0.3) is 5.57 Å². The van der Waals surface area contributed by atoms with E-state index in [1.807, 2.05) is 30.3 Å². The predicted molar refractivity (Wildman–Crippen MR) is 62.8 cm³/mol. The fraction of sp³-hybridized carbons (Fsp3) is 0.0714. The molecule has 2 heteroatoms. The van der Waals surface area contributed by atoms with Crippen molar-refractivity contribution in [3.63, 3.8) is 0 Å². The summed E-state index contributed by atoms with van der Waals surface area (Å²) in [7, 11) is 1.63. The van der Waals surface area contributed by atoms with Crippen molar-refractivity contribution in [1.82, 2.24) is 0 Å². The first-order valence-electron chi connectivity index (χ1n) is 4.94. The molecule has 1 aliphatic rings. The smallest absolute Gasteiger partial charge is 0.165 e. The van der Waals surface area contributed by atoms with Gasteiger partial charge in [0.25, 0.3) is 0 Å². The van der Waals surface area contributed by atoms with E-state index < -0.39 is 0 Å². The SMILES string of the molecule is COc1ccc(C2=CC=C=C(F)C=C2)cc1. The number of hydrogen-bond donors (Lipinski definition) is 0. The average molecular weight is 214 g/mol. The summed E-state index contributed by atoms with van der Waals surface area (Å²) >= 11 is 0. The van der Waals surface area contributed by atoms with Gasteiger partial charge < -0.3 is 4.74 Å². The van der Waals surface area contributed by atoms with Crippen LogP contribution in [0.1, 0.15) is 5.56 Å². The average Bonchev–Trinajstić information content (AvgIpc) is 2.54. The van der Waals surface area contributed by atoms with Gasteiger partial charge in [-0.25, -0.2) is 0 Å². The maximum atomic E-state index is 12.9. The van der Waals surface area contributed by atoms with Gasteiger partial charge >= 0.3 is 0 Å². The van der Waals surface area contributed by atoms with Crippen molar-refractivity contribution < 1.29 is 9.13 Å². The molecular formula is C14H11FO. The minimum atomic E-state index is -0.361. The number of halogens is 1. The highest BCUT2D eigenvalue weighted by molar-refractivity contribution is 5.76. The number of methoxy groups -OCH3 is 1. The maximum Gasteiger partial charge on any atom is 0.165 e. The van der Waals surface area contributed by atoms with Gasteiger partial charge in [0.05, 0.1) is 7.11 Å². The molecule has 0 N–H and O–H groups in total. The predicted octanol–water partition coefficient (Wildman–Crippen LogP) is 3.66. The molecule has 0 saturated carbocycles. The molecule has 1 aliphatic carbocycles. The fourth-order valence-electron chi connectivity index (χ4n) is 1.45. The van der Waals surface area contributed by atoms with Gasteiger partial charge in [-0.2, -0.15) is 4.39 Å². The maximum absolute atomic E-state index is 12.9. The van der Waals surface area contributed by atoms with Gasteiger partial charge in [0, 0.05) is 0 Å². The lowest BCUT2D eigenvalue weighted by molar-refractivity contribution is 0.415. The third-order valence-electron chi connectivity index (χ3n) is 2.32. The van der Waals surface area contributed by atoms with E-state index in [0.29, 0.717) is 0 Å². The zero-order valence-electron chi connectivity index (χ0n) is 8.91. The first-order valence-corrected chi connectivity index (χ1v) is 4.94. The van der Waals surface area contributed by atoms with Crippen molar-refractivity contribution in [3.8, 4) is 5.75 Å². The van der Waals surface area contributed by atoms with Crippen molar-refractivity contribution in [2.24, 2.45) is 0 Å². The van der Waals surface area contributed by atoms with E-state index in [1.165, 1.54) is 6.08 Å². The topological polar surface area (TPSA) is 9.23 Å². The van der Waals surface area contributed by atoms with E-state index in [2.05, 4.69) is 5.73 Å². The molecule has 1 aromatic rings. The van der Waals surface area contributed by atoms with E-state index >= 15 is 0 Å². The van der Waals surface area contributed by atoms with Crippen LogP contribution in [0.5, 0.6) is 5.75 Å². The van der Waals surface area contributed by atoms with E-state index in [4.69, 9.17) is 4.74 Å². The van der Waals surface area contributed by atoms with Crippen LogP contribution >= 0.6 is 0 Å². The van der Waals surface area contributed by atoms with Crippen molar-refractivity contribution in [2.75, 3.05) is 7.11 Å². The lowest BCUT2D eigenvalue weighted by atomic mass is 10.1. The van der Waals surface area contributed by atoms with E-state index in [1.54, 1.807) is 19.3 Å². The van der Waals surface area contributed by atoms with Crippen LogP contribution in [-0.2, 0) is 0 Å². The summed E-state index contributed by atoms with van der Waals surface area (Å²) in [6, 6.07) is 7.63. The molecule has 0 spiro atoms. The molecule has 0 radical (unpaired) electrons. The third kappa shape index (κ3) is 2.30. The minimum Gasteiger partial charge on any atom is -0.497 e. The Morgan fingerprint density at radius 2 is 1.88 bits per heavy atom. The standard InChI is InChI=1S/C14H11FO/c1-16-14-9-6-12(7-10-14)11-3-2-4-13(15)8-5-11/h2-3,5-10H,1H3. The van der Waals surface area contributed by atoms with Crippen LogP contribution in [0.3, 0.4) is 0 Å². The summed E-state index contributed by atoms with van der Waals surface area (Å²) in [5.74, 6) is 0.446. The first kappa shape index (κ1) is 10.5. The normalized spacial score (nSPS) is 14.1. The largest absolute Gasteiger partial charge is 0.497 e. The summed E-state index contributed by atoms with van der Waals surface area (Å²) in [5.41, 5.74) is 4.47. The van der Waals surface area contributed by atoms with Gasteiger partial charge in [0.15, 0.2) is 5.83 Å². The molecule has 16 heavy (non-hydrogen) atoms. The summed E-state index contributed by atoms with van der Waals surface area (Å²) in [6.45, 7) is 0. The molecular weight excluding hydrogens is 203 g/mol. The third-order valence-corrected chi connectivity index (χ3v) is 2.32. The molecule has 0 fully saturated rings. The van der Waals surface area contributed by atoms with Gasteiger partial charge in [0.2, 0.25) is 0 Å². The van der Waals surface area contributed by atoms with Crippen LogP contribution in [-0.4, -0.2) is 7.11 Å². The van der Waals surface area contributed by atoms with Gasteiger partial charge in [-0.3, -0.25) is 0 Å². The molecule has 2 rings (SSSR count). The molecule has 80 valence electrons. The molecule has 0 aromatic heterocycles. The van der Waals surface area contributed by atoms with E-state index in [0.717, 1.165) is 16.9 Å². The van der Waals surface area contributed by atoms with Crippen molar-refractivity contribution >= 4 is 5.57 Å². The Morgan fingerprint density at radius 1 is 1.12 bits per heavy atom. The van der Waals surface area contributed by atoms with E-state index in [9.17, 15) is 4.39 Å². The Labute approximate surface area is 93.9 Å². The molecule has 0 saturated heterocycles. The highest BCUT2D eigenvalue weighted by Gasteiger charge is 2.00. The van der Waals surface area contributed by atoms with Gasteiger partial charge in [-0.15, -0.1) is 0 Å². The number of rotatable bonds is 2. The van der Waals surface area contributed by atoms with Crippen LogP contribution in [0.4, 0.5) is 4.39 Å². The fourth-order valence-corrected chi connectivity index (χ4v) is 1.45. The Hall–Kier alpha value is -2.05. The number of hydrogen-bond acceptors (Lipinski definition) is 1. The van der Waals surface area contributed by atoms with Crippen LogP contribution in [0, 0.1) is 0 Å². The molecule has 0 heterocycles. The van der Waals surface area contributed by atoms with E-state index in [-0.39, 0.29) is 5.83 Å². The lowest BCUT2D eigenvalue weighted by Gasteiger charge is -2.03. The second kappa shape index (κ2) is 4.65. The molecule has 0 amide bonds. The Kier molecular flexibility index (Phi) is 3.04. The molecule has 1 aromatic carbocycles. The number of allylic oxidation sites excluding steroid dienone is 5. The minimum absolute atomic E-state index is 0.361. The van der Waals surface area contributed by atoms with Crippen molar-refractivity contribution in [2.45, 2.75) is 0 Å². The van der Waals surface area contributed by atoms with Gasteiger partial charge in [0.1, 0.15) is 5.75 Å². The zero-order chi connectivity index (χ0) is 11.4. The quantitative estimate of drug-likeness (QED) is 0.683. The Balaban J connectivity index is 2.29. The molecule has 0 unspecified atom stereocenters. The Bertz CT molecular complexity index is 500. The monoisotopic (exact) mass is 214 g/mol. The highest BCUT2D eigenvalue weighted by Crippen LogP contribution is 2.21. The second-order valence-corrected chi connectivity index (χ2v) is 3.34. The van der Waals surface area contributed by atoms with Crippen molar-refractivity contribution in [1.29, 1.82) is 0 Å². The lowest BCUT2D eigenvalue weighted by Crippen LogP contribution is -1.84.